The van der Waals surface area contributed by atoms with Crippen molar-refractivity contribution in [1.82, 2.24) is 9.97 Å². The lowest BCUT2D eigenvalue weighted by Crippen LogP contribution is -2.03. The van der Waals surface area contributed by atoms with Crippen LogP contribution in [0.15, 0.2) is 24.3 Å². The maximum Gasteiger partial charge on any atom is 0.339 e. The average molecular weight is 272 g/mol. The Hall–Kier alpha value is -2.43. The molecule has 1 heterocycles. The number of nitrogens with zero attached hydrogens (tertiary/aromatic N) is 2. The lowest BCUT2D eigenvalue weighted by atomic mass is 10.1. The number of ether oxygens (including phenoxy) is 1. The van der Waals surface area contributed by atoms with Crippen molar-refractivity contribution in [2.24, 2.45) is 0 Å². The van der Waals surface area contributed by atoms with Crippen LogP contribution in [0.25, 0.3) is 0 Å². The molecule has 0 aliphatic carbocycles. The smallest absolute Gasteiger partial charge is 0.339 e. The van der Waals surface area contributed by atoms with Gasteiger partial charge in [0, 0.05) is 11.8 Å². The second-order valence-electron chi connectivity index (χ2n) is 4.51. The van der Waals surface area contributed by atoms with Gasteiger partial charge in [0.1, 0.15) is 17.1 Å². The van der Waals surface area contributed by atoms with Gasteiger partial charge in [0.05, 0.1) is 0 Å². The number of carboxylic acid groups (broad SMARTS) is 1. The van der Waals surface area contributed by atoms with Gasteiger partial charge < -0.3 is 9.84 Å². The third kappa shape index (κ3) is 3.12. The fourth-order valence-corrected chi connectivity index (χ4v) is 1.85. The summed E-state index contributed by atoms with van der Waals surface area (Å²) < 4.78 is 5.62. The summed E-state index contributed by atoms with van der Waals surface area (Å²) in [5, 5.41) is 9.21. The Kier molecular flexibility index (Phi) is 3.98. The number of aryl methyl sites for hydroxylation is 3. The van der Waals surface area contributed by atoms with E-state index in [0.717, 1.165) is 17.7 Å². The third-order valence-electron chi connectivity index (χ3n) is 2.81. The Balaban J connectivity index is 2.39. The second kappa shape index (κ2) is 5.69. The molecule has 2 rings (SSSR count). The fraction of sp³-hybridized carbons (Fsp3) is 0.267. The number of hydrogen-bond donors (Lipinski definition) is 1. The van der Waals surface area contributed by atoms with E-state index in [1.54, 1.807) is 31.2 Å². The fourth-order valence-electron chi connectivity index (χ4n) is 1.85. The van der Waals surface area contributed by atoms with Crippen LogP contribution >= 0.6 is 0 Å². The zero-order valence-corrected chi connectivity index (χ0v) is 11.7. The average Bonchev–Trinajstić information content (AvgIpc) is 2.40. The molecule has 104 valence electrons. The van der Waals surface area contributed by atoms with E-state index in [4.69, 9.17) is 4.74 Å². The van der Waals surface area contributed by atoms with Crippen molar-refractivity contribution in [2.75, 3.05) is 0 Å². The van der Waals surface area contributed by atoms with E-state index < -0.39 is 5.97 Å². The van der Waals surface area contributed by atoms with Crippen molar-refractivity contribution in [2.45, 2.75) is 27.2 Å². The van der Waals surface area contributed by atoms with Gasteiger partial charge >= 0.3 is 5.97 Å². The van der Waals surface area contributed by atoms with Crippen molar-refractivity contribution in [3.63, 3.8) is 0 Å². The second-order valence-corrected chi connectivity index (χ2v) is 4.51. The van der Waals surface area contributed by atoms with E-state index in [1.807, 2.05) is 13.8 Å². The minimum absolute atomic E-state index is 0.124. The predicted octanol–water partition coefficient (Wildman–Crippen LogP) is 3.15. The molecule has 5 heteroatoms. The molecule has 0 spiro atoms. The summed E-state index contributed by atoms with van der Waals surface area (Å²) in [5.41, 5.74) is 1.85. The van der Waals surface area contributed by atoms with Crippen LogP contribution < -0.4 is 4.74 Å². The number of carbonyl (C=O) groups is 1. The number of aromatic carboxylic acids is 1. The zero-order chi connectivity index (χ0) is 14.7. The van der Waals surface area contributed by atoms with Gasteiger partial charge in [-0.3, -0.25) is 0 Å². The Morgan fingerprint density at radius 2 is 2.00 bits per heavy atom. The van der Waals surface area contributed by atoms with Gasteiger partial charge in [-0.15, -0.1) is 0 Å². The summed E-state index contributed by atoms with van der Waals surface area (Å²) >= 11 is 0. The van der Waals surface area contributed by atoms with Crippen molar-refractivity contribution in [3.05, 3.63) is 46.9 Å². The number of aromatic nitrogens is 2. The van der Waals surface area contributed by atoms with Gasteiger partial charge in [0.2, 0.25) is 5.88 Å². The van der Waals surface area contributed by atoms with Crippen molar-refractivity contribution >= 4 is 5.97 Å². The first kappa shape index (κ1) is 14.0. The van der Waals surface area contributed by atoms with Crippen molar-refractivity contribution < 1.29 is 14.6 Å². The summed E-state index contributed by atoms with van der Waals surface area (Å²) in [6.45, 7) is 5.60. The van der Waals surface area contributed by atoms with Gasteiger partial charge in [-0.05, 0) is 32.4 Å². The molecule has 0 fully saturated rings. The maximum absolute atomic E-state index is 11.2. The maximum atomic E-state index is 11.2. The molecule has 20 heavy (non-hydrogen) atoms. The molecule has 0 aliphatic heterocycles. The summed E-state index contributed by atoms with van der Waals surface area (Å²) in [7, 11) is 0. The molecule has 0 saturated carbocycles. The van der Waals surface area contributed by atoms with Crippen molar-refractivity contribution in [3.8, 4) is 11.6 Å². The normalized spacial score (nSPS) is 10.3. The Morgan fingerprint density at radius 1 is 1.25 bits per heavy atom. The van der Waals surface area contributed by atoms with Crippen LogP contribution in [0, 0.1) is 13.8 Å². The van der Waals surface area contributed by atoms with E-state index in [-0.39, 0.29) is 11.3 Å². The summed E-state index contributed by atoms with van der Waals surface area (Å²) in [5.74, 6) is 0.220. The molecule has 0 atom stereocenters. The lowest BCUT2D eigenvalue weighted by molar-refractivity contribution is 0.0694. The van der Waals surface area contributed by atoms with Crippen LogP contribution in [-0.4, -0.2) is 21.0 Å². The largest absolute Gasteiger partial charge is 0.478 e. The Morgan fingerprint density at radius 3 is 2.65 bits per heavy atom. The molecular formula is C15H16N2O3. The molecule has 1 aromatic heterocycles. The summed E-state index contributed by atoms with van der Waals surface area (Å²) in [6, 6.07) is 6.74. The monoisotopic (exact) mass is 272 g/mol. The van der Waals surface area contributed by atoms with E-state index in [2.05, 4.69) is 9.97 Å². The molecule has 0 unspecified atom stereocenters. The van der Waals surface area contributed by atoms with Gasteiger partial charge in [-0.2, -0.15) is 4.98 Å². The Bertz CT molecular complexity index is 654. The van der Waals surface area contributed by atoms with Crippen LogP contribution in [0.4, 0.5) is 0 Å². The van der Waals surface area contributed by atoms with Crippen LogP contribution in [-0.2, 0) is 6.42 Å². The minimum Gasteiger partial charge on any atom is -0.478 e. The van der Waals surface area contributed by atoms with E-state index in [1.165, 1.54) is 0 Å². The van der Waals surface area contributed by atoms with Gasteiger partial charge in [0.25, 0.3) is 0 Å². The molecule has 0 amide bonds. The lowest BCUT2D eigenvalue weighted by Gasteiger charge is -2.10. The number of rotatable bonds is 4. The highest BCUT2D eigenvalue weighted by Gasteiger charge is 2.13. The highest BCUT2D eigenvalue weighted by molar-refractivity contribution is 5.91. The first-order valence-corrected chi connectivity index (χ1v) is 6.36. The van der Waals surface area contributed by atoms with Gasteiger partial charge in [-0.25, -0.2) is 9.78 Å². The molecule has 1 aromatic carbocycles. The van der Waals surface area contributed by atoms with Gasteiger partial charge in [0.15, 0.2) is 0 Å². The third-order valence-corrected chi connectivity index (χ3v) is 2.81. The van der Waals surface area contributed by atoms with E-state index in [0.29, 0.717) is 11.7 Å². The number of benzene rings is 1. The minimum atomic E-state index is -1.02. The molecule has 0 saturated heterocycles. The molecule has 5 nitrogen and oxygen atoms in total. The molecular weight excluding hydrogens is 256 g/mol. The summed E-state index contributed by atoms with van der Waals surface area (Å²) in [6.07, 6.45) is 0.763. The van der Waals surface area contributed by atoms with Gasteiger partial charge in [-0.1, -0.05) is 18.6 Å². The van der Waals surface area contributed by atoms with E-state index >= 15 is 0 Å². The topological polar surface area (TPSA) is 72.3 Å². The zero-order valence-electron chi connectivity index (χ0n) is 11.7. The highest BCUT2D eigenvalue weighted by Crippen LogP contribution is 2.25. The predicted molar refractivity (Wildman–Crippen MR) is 74.4 cm³/mol. The Labute approximate surface area is 117 Å². The number of hydrogen-bond acceptors (Lipinski definition) is 4. The molecule has 0 bridgehead atoms. The number of carboxylic acids is 1. The van der Waals surface area contributed by atoms with Crippen LogP contribution in [0.2, 0.25) is 0 Å². The molecule has 0 aliphatic rings. The SMILES string of the molecule is CCc1cc(Oc2ccc(C)cc2C(=O)O)nc(C)n1. The summed E-state index contributed by atoms with van der Waals surface area (Å²) in [4.78, 5) is 19.7. The van der Waals surface area contributed by atoms with E-state index in [9.17, 15) is 9.90 Å². The van der Waals surface area contributed by atoms with Crippen LogP contribution in [0.1, 0.15) is 34.4 Å². The highest BCUT2D eigenvalue weighted by atomic mass is 16.5. The molecule has 0 radical (unpaired) electrons. The first-order valence-electron chi connectivity index (χ1n) is 6.36. The molecule has 2 aromatic rings. The van der Waals surface area contributed by atoms with Crippen LogP contribution in [0.3, 0.4) is 0 Å². The van der Waals surface area contributed by atoms with Crippen molar-refractivity contribution in [1.29, 1.82) is 0 Å². The first-order chi connectivity index (χ1) is 9.49. The molecule has 1 N–H and O–H groups in total. The van der Waals surface area contributed by atoms with Crippen LogP contribution in [0.5, 0.6) is 11.6 Å². The quantitative estimate of drug-likeness (QED) is 0.925. The standard InChI is InChI=1S/C15H16N2O3/c1-4-11-8-14(17-10(3)16-11)20-13-6-5-9(2)7-12(13)15(18)19/h5-8H,4H2,1-3H3,(H,18,19).